The molecule has 5 N–H and O–H groups in total. The van der Waals surface area contributed by atoms with Crippen LogP contribution in [0.3, 0.4) is 0 Å². The summed E-state index contributed by atoms with van der Waals surface area (Å²) >= 11 is 0. The van der Waals surface area contributed by atoms with Gasteiger partial charge in [-0.2, -0.15) is 0 Å². The number of fused-ring (bicyclic) bond motifs is 1. The minimum Gasteiger partial charge on any atom is -0.368 e. The van der Waals surface area contributed by atoms with Crippen LogP contribution in [0, 0.1) is 6.92 Å². The van der Waals surface area contributed by atoms with Crippen molar-refractivity contribution in [2.75, 3.05) is 0 Å². The lowest BCUT2D eigenvalue weighted by Crippen LogP contribution is -2.38. The zero-order valence-corrected chi connectivity index (χ0v) is 9.42. The van der Waals surface area contributed by atoms with Gasteiger partial charge in [0, 0.05) is 11.4 Å². The molecule has 1 amide bonds. The summed E-state index contributed by atoms with van der Waals surface area (Å²) in [4.78, 5) is 14.3. The van der Waals surface area contributed by atoms with E-state index in [1.807, 2.05) is 6.92 Å². The first-order valence-corrected chi connectivity index (χ1v) is 5.51. The third-order valence-electron chi connectivity index (χ3n) is 3.08. The van der Waals surface area contributed by atoms with E-state index < -0.39 is 11.9 Å². The van der Waals surface area contributed by atoms with Crippen molar-refractivity contribution < 1.29 is 4.79 Å². The highest BCUT2D eigenvalue weighted by Gasteiger charge is 2.19. The summed E-state index contributed by atoms with van der Waals surface area (Å²) in [5, 5.41) is 0. The van der Waals surface area contributed by atoms with Crippen LogP contribution in [0.1, 0.15) is 28.9 Å². The third kappa shape index (κ3) is 1.88. The van der Waals surface area contributed by atoms with Crippen LogP contribution in [-0.4, -0.2) is 16.9 Å². The zero-order valence-electron chi connectivity index (χ0n) is 9.42. The van der Waals surface area contributed by atoms with Crippen molar-refractivity contribution in [2.24, 2.45) is 11.5 Å². The molecule has 1 unspecified atom stereocenters. The van der Waals surface area contributed by atoms with Crippen LogP contribution < -0.4 is 11.5 Å². The molecular formula is C12H17N3O. The van der Waals surface area contributed by atoms with Crippen molar-refractivity contribution >= 4 is 12.0 Å². The van der Waals surface area contributed by atoms with Gasteiger partial charge in [0.15, 0.2) is 0 Å². The van der Waals surface area contributed by atoms with Crippen molar-refractivity contribution in [3.8, 4) is 0 Å². The Bertz CT molecular complexity index is 445. The van der Waals surface area contributed by atoms with Crippen molar-refractivity contribution in [1.29, 1.82) is 0 Å². The molecule has 1 aromatic heterocycles. The molecule has 0 aliphatic heterocycles. The maximum atomic E-state index is 11.0. The van der Waals surface area contributed by atoms with E-state index in [0.29, 0.717) is 6.42 Å². The van der Waals surface area contributed by atoms with Gasteiger partial charge in [-0.25, -0.2) is 0 Å². The highest BCUT2D eigenvalue weighted by atomic mass is 16.1. The average Bonchev–Trinajstić information content (AvgIpc) is 2.55. The molecule has 1 aliphatic rings. The smallest absolute Gasteiger partial charge is 0.234 e. The Morgan fingerprint density at radius 1 is 1.62 bits per heavy atom. The fourth-order valence-corrected chi connectivity index (χ4v) is 2.16. The predicted octanol–water partition coefficient (Wildman–Crippen LogP) is 0.638. The Kier molecular flexibility index (Phi) is 2.83. The maximum absolute atomic E-state index is 11.0. The lowest BCUT2D eigenvalue weighted by Gasteiger charge is -2.10. The minimum atomic E-state index is -0.603. The second-order valence-corrected chi connectivity index (χ2v) is 4.27. The number of aromatic amines is 1. The quantitative estimate of drug-likeness (QED) is 0.696. The number of hydrogen-bond donors (Lipinski definition) is 3. The number of H-pyrrole nitrogens is 1. The summed E-state index contributed by atoms with van der Waals surface area (Å²) < 4.78 is 0. The van der Waals surface area contributed by atoms with Crippen LogP contribution in [0.15, 0.2) is 6.08 Å². The Morgan fingerprint density at radius 3 is 3.06 bits per heavy atom. The summed E-state index contributed by atoms with van der Waals surface area (Å²) in [6.45, 7) is 2.01. The van der Waals surface area contributed by atoms with Crippen LogP contribution in [0.4, 0.5) is 0 Å². The molecule has 4 nitrogen and oxygen atoms in total. The number of carbonyl (C=O) groups is 1. The topological polar surface area (TPSA) is 84.9 Å². The van der Waals surface area contributed by atoms with Gasteiger partial charge in [-0.1, -0.05) is 12.2 Å². The number of rotatable bonds is 3. The molecule has 1 heterocycles. The van der Waals surface area contributed by atoms with Gasteiger partial charge in [0.05, 0.1) is 6.04 Å². The lowest BCUT2D eigenvalue weighted by atomic mass is 9.96. The minimum absolute atomic E-state index is 0.450. The van der Waals surface area contributed by atoms with E-state index in [4.69, 9.17) is 11.5 Å². The van der Waals surface area contributed by atoms with E-state index in [1.165, 1.54) is 11.3 Å². The van der Waals surface area contributed by atoms with Crippen LogP contribution in [0.25, 0.3) is 6.08 Å². The van der Waals surface area contributed by atoms with E-state index in [-0.39, 0.29) is 0 Å². The molecular weight excluding hydrogens is 202 g/mol. The zero-order chi connectivity index (χ0) is 11.7. The Morgan fingerprint density at radius 2 is 2.38 bits per heavy atom. The van der Waals surface area contributed by atoms with Gasteiger partial charge in [0.25, 0.3) is 0 Å². The summed E-state index contributed by atoms with van der Waals surface area (Å²) in [6.07, 6.45) is 6.85. The van der Waals surface area contributed by atoms with Gasteiger partial charge in [-0.05, 0) is 37.3 Å². The Hall–Kier alpha value is -1.55. The van der Waals surface area contributed by atoms with Crippen molar-refractivity contribution in [3.05, 3.63) is 28.6 Å². The molecule has 16 heavy (non-hydrogen) atoms. The molecule has 0 bridgehead atoms. The summed E-state index contributed by atoms with van der Waals surface area (Å²) in [5.41, 5.74) is 15.5. The third-order valence-corrected chi connectivity index (χ3v) is 3.08. The Balaban J connectivity index is 2.31. The molecule has 4 heteroatoms. The van der Waals surface area contributed by atoms with Crippen LogP contribution in [0.2, 0.25) is 0 Å². The molecule has 0 saturated heterocycles. The van der Waals surface area contributed by atoms with Crippen molar-refractivity contribution in [2.45, 2.75) is 32.2 Å². The van der Waals surface area contributed by atoms with Gasteiger partial charge in [-0.15, -0.1) is 0 Å². The number of aromatic nitrogens is 1. The molecule has 0 saturated carbocycles. The molecule has 1 aliphatic carbocycles. The number of primary amides is 1. The molecule has 1 atom stereocenters. The first kappa shape index (κ1) is 11.0. The van der Waals surface area contributed by atoms with Gasteiger partial charge in [0.2, 0.25) is 5.91 Å². The first-order valence-electron chi connectivity index (χ1n) is 5.51. The number of amides is 1. The summed E-state index contributed by atoms with van der Waals surface area (Å²) in [6, 6.07) is -0.603. The number of carbonyl (C=O) groups excluding carboxylic acids is 1. The molecule has 0 radical (unpaired) electrons. The monoisotopic (exact) mass is 219 g/mol. The number of allylic oxidation sites excluding steroid dienone is 1. The number of aryl methyl sites for hydroxylation is 2. The molecule has 0 aromatic carbocycles. The van der Waals surface area contributed by atoms with Gasteiger partial charge >= 0.3 is 0 Å². The van der Waals surface area contributed by atoms with Crippen molar-refractivity contribution in [1.82, 2.24) is 4.98 Å². The highest BCUT2D eigenvalue weighted by Crippen LogP contribution is 2.26. The largest absolute Gasteiger partial charge is 0.368 e. The van der Waals surface area contributed by atoms with Crippen LogP contribution in [0.5, 0.6) is 0 Å². The van der Waals surface area contributed by atoms with E-state index in [2.05, 4.69) is 17.1 Å². The lowest BCUT2D eigenvalue weighted by molar-refractivity contribution is -0.119. The SMILES string of the molecule is Cc1[nH]c2c(c1CC(N)C(N)=O)C=CCC2. The fourth-order valence-electron chi connectivity index (χ4n) is 2.16. The fraction of sp³-hybridized carbons (Fsp3) is 0.417. The molecule has 86 valence electrons. The summed E-state index contributed by atoms with van der Waals surface area (Å²) in [7, 11) is 0. The highest BCUT2D eigenvalue weighted by molar-refractivity contribution is 5.80. The number of nitrogens with one attached hydrogen (secondary N) is 1. The van der Waals surface area contributed by atoms with Gasteiger partial charge < -0.3 is 16.5 Å². The van der Waals surface area contributed by atoms with E-state index in [1.54, 1.807) is 0 Å². The van der Waals surface area contributed by atoms with E-state index >= 15 is 0 Å². The standard InChI is InChI=1S/C12H17N3O/c1-7-9(6-10(13)12(14)16)8-4-2-3-5-11(8)15-7/h2,4,10,15H,3,5-6,13H2,1H3,(H2,14,16). The molecule has 1 aromatic rings. The molecule has 0 fully saturated rings. The van der Waals surface area contributed by atoms with Gasteiger partial charge in [-0.3, -0.25) is 4.79 Å². The maximum Gasteiger partial charge on any atom is 0.234 e. The number of nitrogens with two attached hydrogens (primary N) is 2. The first-order chi connectivity index (χ1) is 7.59. The second kappa shape index (κ2) is 4.14. The van der Waals surface area contributed by atoms with E-state index in [0.717, 1.165) is 24.1 Å². The number of hydrogen-bond acceptors (Lipinski definition) is 2. The van der Waals surface area contributed by atoms with Crippen LogP contribution >= 0.6 is 0 Å². The predicted molar refractivity (Wildman–Crippen MR) is 63.8 cm³/mol. The molecule has 0 spiro atoms. The van der Waals surface area contributed by atoms with Gasteiger partial charge in [0.1, 0.15) is 0 Å². The summed E-state index contributed by atoms with van der Waals surface area (Å²) in [5.74, 6) is -0.450. The normalized spacial score (nSPS) is 15.9. The Labute approximate surface area is 94.7 Å². The van der Waals surface area contributed by atoms with E-state index in [9.17, 15) is 4.79 Å². The molecule has 2 rings (SSSR count). The van der Waals surface area contributed by atoms with Crippen molar-refractivity contribution in [3.63, 3.8) is 0 Å². The van der Waals surface area contributed by atoms with Crippen LogP contribution in [-0.2, 0) is 17.6 Å². The average molecular weight is 219 g/mol. The second-order valence-electron chi connectivity index (χ2n) is 4.27.